The summed E-state index contributed by atoms with van der Waals surface area (Å²) >= 11 is 0. The molecule has 26 heavy (non-hydrogen) atoms. The number of unbranched alkanes of at least 4 members (excludes halogenated alkanes) is 3. The first-order valence-electron chi connectivity index (χ1n) is 9.59. The fraction of sp³-hybridized carbons (Fsp3) is 0.684. The molecule has 3 rings (SSSR count). The number of carbonyl (C=O) groups is 2. The molecule has 2 aliphatic heterocycles. The number of hydrogen-bond acceptors (Lipinski definition) is 5. The van der Waals surface area contributed by atoms with Crippen molar-refractivity contribution in [3.8, 4) is 0 Å². The number of carbonyl (C=O) groups excluding carboxylic acids is 2. The van der Waals surface area contributed by atoms with E-state index < -0.39 is 5.60 Å². The zero-order chi connectivity index (χ0) is 18.6. The van der Waals surface area contributed by atoms with Gasteiger partial charge in [-0.2, -0.15) is 0 Å². The molecule has 142 valence electrons. The van der Waals surface area contributed by atoms with E-state index in [1.165, 1.54) is 12.8 Å². The first-order chi connectivity index (χ1) is 12.5. The Balaban J connectivity index is 1.52. The first-order valence-corrected chi connectivity index (χ1v) is 9.59. The minimum Gasteiger partial charge on any atom is -0.441 e. The van der Waals surface area contributed by atoms with Crippen LogP contribution in [0.15, 0.2) is 12.4 Å². The van der Waals surface area contributed by atoms with Crippen LogP contribution in [-0.2, 0) is 4.74 Å². The van der Waals surface area contributed by atoms with Crippen LogP contribution in [0.25, 0.3) is 0 Å². The van der Waals surface area contributed by atoms with Crippen molar-refractivity contribution in [2.24, 2.45) is 0 Å². The molecule has 0 unspecified atom stereocenters. The summed E-state index contributed by atoms with van der Waals surface area (Å²) in [4.78, 5) is 36.6. The van der Waals surface area contributed by atoms with Crippen LogP contribution in [0.4, 0.5) is 4.79 Å². The monoisotopic (exact) mass is 360 g/mol. The van der Waals surface area contributed by atoms with E-state index in [1.54, 1.807) is 24.2 Å². The van der Waals surface area contributed by atoms with Gasteiger partial charge in [0.2, 0.25) is 0 Å². The van der Waals surface area contributed by atoms with Gasteiger partial charge in [0.25, 0.3) is 5.91 Å². The Morgan fingerprint density at radius 3 is 2.54 bits per heavy atom. The number of rotatable bonds is 6. The number of nitrogens with zero attached hydrogens (tertiary/aromatic N) is 4. The van der Waals surface area contributed by atoms with Crippen molar-refractivity contribution in [2.45, 2.75) is 58.0 Å². The molecule has 0 radical (unpaired) electrons. The first kappa shape index (κ1) is 18.6. The van der Waals surface area contributed by atoms with E-state index >= 15 is 0 Å². The molecule has 2 fully saturated rings. The quantitative estimate of drug-likeness (QED) is 0.729. The molecule has 2 aliphatic rings. The maximum atomic E-state index is 12.6. The lowest BCUT2D eigenvalue weighted by Crippen LogP contribution is -2.48. The van der Waals surface area contributed by atoms with Gasteiger partial charge in [-0.1, -0.05) is 26.2 Å². The topological polar surface area (TPSA) is 75.6 Å². The Morgan fingerprint density at radius 2 is 1.88 bits per heavy atom. The lowest BCUT2D eigenvalue weighted by molar-refractivity contribution is 0.00311. The molecule has 0 aliphatic carbocycles. The van der Waals surface area contributed by atoms with Crippen LogP contribution in [-0.4, -0.2) is 63.5 Å². The molecule has 1 spiro atoms. The van der Waals surface area contributed by atoms with Gasteiger partial charge in [-0.25, -0.2) is 14.8 Å². The largest absolute Gasteiger partial charge is 0.441 e. The highest BCUT2D eigenvalue weighted by Gasteiger charge is 2.47. The molecular formula is C19H28N4O3. The molecule has 2 saturated heterocycles. The highest BCUT2D eigenvalue weighted by atomic mass is 16.6. The summed E-state index contributed by atoms with van der Waals surface area (Å²) < 4.78 is 5.73. The predicted octanol–water partition coefficient (Wildman–Crippen LogP) is 2.79. The summed E-state index contributed by atoms with van der Waals surface area (Å²) in [6.07, 6.45) is 8.87. The molecule has 7 nitrogen and oxygen atoms in total. The zero-order valence-electron chi connectivity index (χ0n) is 15.7. The maximum absolute atomic E-state index is 12.6. The number of hydrogen-bond donors (Lipinski definition) is 0. The SMILES string of the molecule is CCCCCCN1CC2(CCN(C(=O)c3cnc(C)nc3)CC2)OC1=O. The van der Waals surface area contributed by atoms with E-state index in [2.05, 4.69) is 16.9 Å². The molecule has 3 heterocycles. The summed E-state index contributed by atoms with van der Waals surface area (Å²) in [5.74, 6) is 0.594. The summed E-state index contributed by atoms with van der Waals surface area (Å²) in [6.45, 7) is 6.56. The second-order valence-corrected chi connectivity index (χ2v) is 7.34. The minimum absolute atomic E-state index is 0.0550. The van der Waals surface area contributed by atoms with Crippen molar-refractivity contribution < 1.29 is 14.3 Å². The number of ether oxygens (including phenoxy) is 1. The Bertz CT molecular complexity index is 639. The highest BCUT2D eigenvalue weighted by Crippen LogP contribution is 2.33. The second kappa shape index (κ2) is 8.01. The normalized spacial score (nSPS) is 19.1. The molecule has 0 atom stereocenters. The average Bonchev–Trinajstić information content (AvgIpc) is 2.94. The van der Waals surface area contributed by atoms with Crippen molar-refractivity contribution in [1.29, 1.82) is 0 Å². The van der Waals surface area contributed by atoms with Gasteiger partial charge in [-0.15, -0.1) is 0 Å². The van der Waals surface area contributed by atoms with Gasteiger partial charge in [0.05, 0.1) is 12.1 Å². The van der Waals surface area contributed by atoms with Crippen molar-refractivity contribution in [2.75, 3.05) is 26.2 Å². The molecule has 7 heteroatoms. The van der Waals surface area contributed by atoms with Crippen molar-refractivity contribution in [1.82, 2.24) is 19.8 Å². The molecule has 1 aromatic rings. The van der Waals surface area contributed by atoms with Crippen molar-refractivity contribution >= 4 is 12.0 Å². The number of piperidine rings is 1. The third-order valence-electron chi connectivity index (χ3n) is 5.31. The molecule has 2 amide bonds. The summed E-state index contributed by atoms with van der Waals surface area (Å²) in [5.41, 5.74) is 0.0788. The summed E-state index contributed by atoms with van der Waals surface area (Å²) in [6, 6.07) is 0. The molecule has 0 N–H and O–H groups in total. The Kier molecular flexibility index (Phi) is 5.74. The van der Waals surface area contributed by atoms with Gasteiger partial charge in [0.15, 0.2) is 0 Å². The van der Waals surface area contributed by atoms with E-state index in [0.717, 1.165) is 19.4 Å². The van der Waals surface area contributed by atoms with Gasteiger partial charge < -0.3 is 14.5 Å². The van der Waals surface area contributed by atoms with Crippen LogP contribution >= 0.6 is 0 Å². The third-order valence-corrected chi connectivity index (χ3v) is 5.31. The van der Waals surface area contributed by atoms with Gasteiger partial charge in [-0.05, 0) is 13.3 Å². The Hall–Kier alpha value is -2.18. The van der Waals surface area contributed by atoms with Crippen LogP contribution in [0.2, 0.25) is 0 Å². The second-order valence-electron chi connectivity index (χ2n) is 7.34. The zero-order valence-corrected chi connectivity index (χ0v) is 15.7. The van der Waals surface area contributed by atoms with Crippen molar-refractivity contribution in [3.63, 3.8) is 0 Å². The number of amides is 2. The van der Waals surface area contributed by atoms with Gasteiger partial charge in [0, 0.05) is 44.9 Å². The number of aryl methyl sites for hydroxylation is 1. The average molecular weight is 360 g/mol. The van der Waals surface area contributed by atoms with Crippen LogP contribution in [0, 0.1) is 6.92 Å². The standard InChI is InChI=1S/C19H28N4O3/c1-3-4-5-6-9-23-14-19(26-18(23)25)7-10-22(11-8-19)17(24)16-12-20-15(2)21-13-16/h12-13H,3-11,14H2,1-2H3. The number of aromatic nitrogens is 2. The lowest BCUT2D eigenvalue weighted by Gasteiger charge is -2.37. The maximum Gasteiger partial charge on any atom is 0.410 e. The third kappa shape index (κ3) is 4.14. The summed E-state index contributed by atoms with van der Waals surface area (Å²) in [7, 11) is 0. The van der Waals surface area contributed by atoms with Gasteiger partial charge in [0.1, 0.15) is 11.4 Å². The van der Waals surface area contributed by atoms with E-state index in [-0.39, 0.29) is 12.0 Å². The minimum atomic E-state index is -0.428. The highest BCUT2D eigenvalue weighted by molar-refractivity contribution is 5.93. The van der Waals surface area contributed by atoms with Gasteiger partial charge in [-0.3, -0.25) is 4.79 Å². The van der Waals surface area contributed by atoms with E-state index in [4.69, 9.17) is 4.74 Å². The number of likely N-dealkylation sites (tertiary alicyclic amines) is 1. The van der Waals surface area contributed by atoms with Crippen LogP contribution in [0.5, 0.6) is 0 Å². The van der Waals surface area contributed by atoms with Crippen LogP contribution in [0.3, 0.4) is 0 Å². The molecule has 1 aromatic heterocycles. The van der Waals surface area contributed by atoms with Crippen molar-refractivity contribution in [3.05, 3.63) is 23.8 Å². The lowest BCUT2D eigenvalue weighted by atomic mass is 9.91. The fourth-order valence-electron chi connectivity index (χ4n) is 3.66. The molecule has 0 bridgehead atoms. The van der Waals surface area contributed by atoms with Crippen LogP contribution < -0.4 is 0 Å². The molecule has 0 saturated carbocycles. The smallest absolute Gasteiger partial charge is 0.410 e. The van der Waals surface area contributed by atoms with Crippen LogP contribution in [0.1, 0.15) is 61.6 Å². The Labute approximate surface area is 154 Å². The van der Waals surface area contributed by atoms with Gasteiger partial charge >= 0.3 is 6.09 Å². The van der Waals surface area contributed by atoms with E-state index in [0.29, 0.717) is 43.9 Å². The molecule has 0 aromatic carbocycles. The molecular weight excluding hydrogens is 332 g/mol. The van der Waals surface area contributed by atoms with E-state index in [9.17, 15) is 9.59 Å². The fourth-order valence-corrected chi connectivity index (χ4v) is 3.66. The van der Waals surface area contributed by atoms with E-state index in [1.807, 2.05) is 4.90 Å². The Morgan fingerprint density at radius 1 is 1.19 bits per heavy atom. The summed E-state index contributed by atoms with van der Waals surface area (Å²) in [5, 5.41) is 0. The predicted molar refractivity (Wildman–Crippen MR) is 96.8 cm³/mol.